The second-order valence-electron chi connectivity index (χ2n) is 7.83. The molecule has 10 heteroatoms. The molecule has 0 unspecified atom stereocenters. The number of thioether (sulfide) groups is 1. The summed E-state index contributed by atoms with van der Waals surface area (Å²) in [6.07, 6.45) is 1.20. The molecule has 0 atom stereocenters. The lowest BCUT2D eigenvalue weighted by Gasteiger charge is -2.12. The molecule has 0 aliphatic carbocycles. The molecule has 0 heterocycles. The summed E-state index contributed by atoms with van der Waals surface area (Å²) < 4.78 is 4.78. The standard InChI is InChI=1S/C28H24Cl2N2O5S/c1-2-37-26(34)16-22(33)17-38-23-12-10-21(11-13-23)31-28(36)25(14-19-8-9-20(29)15-24(19)30)32-27(35)18-6-4-3-5-7-18/h3-15H,2,16-17H2,1H3,(H,31,36)(H,32,35)/b25-14-. The van der Waals surface area contributed by atoms with Gasteiger partial charge >= 0.3 is 5.97 Å². The highest BCUT2D eigenvalue weighted by Gasteiger charge is 2.16. The fraction of sp³-hybridized carbons (Fsp3) is 0.143. The quantitative estimate of drug-likeness (QED) is 0.126. The molecule has 3 aromatic rings. The lowest BCUT2D eigenvalue weighted by molar-refractivity contribution is -0.145. The van der Waals surface area contributed by atoms with Gasteiger partial charge < -0.3 is 15.4 Å². The van der Waals surface area contributed by atoms with E-state index in [4.69, 9.17) is 27.9 Å². The van der Waals surface area contributed by atoms with Gasteiger partial charge in [0.1, 0.15) is 12.1 Å². The first kappa shape index (κ1) is 29.0. The maximum atomic E-state index is 13.2. The smallest absolute Gasteiger partial charge is 0.313 e. The van der Waals surface area contributed by atoms with Gasteiger partial charge in [0.15, 0.2) is 5.78 Å². The summed E-state index contributed by atoms with van der Waals surface area (Å²) in [7, 11) is 0. The van der Waals surface area contributed by atoms with Crippen molar-refractivity contribution in [3.05, 3.63) is 99.7 Å². The number of halogens is 2. The third-order valence-electron chi connectivity index (χ3n) is 4.95. The van der Waals surface area contributed by atoms with E-state index in [0.717, 1.165) is 4.90 Å². The van der Waals surface area contributed by atoms with Crippen LogP contribution >= 0.6 is 35.0 Å². The second-order valence-corrected chi connectivity index (χ2v) is 9.72. The van der Waals surface area contributed by atoms with Crippen molar-refractivity contribution < 1.29 is 23.9 Å². The van der Waals surface area contributed by atoms with Gasteiger partial charge in [-0.2, -0.15) is 0 Å². The Labute approximate surface area is 234 Å². The predicted octanol–water partition coefficient (Wildman–Crippen LogP) is 6.02. The minimum absolute atomic E-state index is 0.0221. The van der Waals surface area contributed by atoms with Gasteiger partial charge in [-0.05, 0) is 67.1 Å². The number of nitrogens with one attached hydrogen (secondary N) is 2. The van der Waals surface area contributed by atoms with Crippen LogP contribution in [0.4, 0.5) is 5.69 Å². The van der Waals surface area contributed by atoms with Gasteiger partial charge in [-0.3, -0.25) is 19.2 Å². The Kier molecular flexibility index (Phi) is 11.0. The summed E-state index contributed by atoms with van der Waals surface area (Å²) in [5.74, 6) is -1.69. The number of ketones is 1. The van der Waals surface area contributed by atoms with Crippen LogP contribution in [0.5, 0.6) is 0 Å². The Balaban J connectivity index is 1.71. The van der Waals surface area contributed by atoms with Crippen LogP contribution in [-0.2, 0) is 19.1 Å². The van der Waals surface area contributed by atoms with E-state index in [9.17, 15) is 19.2 Å². The number of esters is 1. The van der Waals surface area contributed by atoms with Gasteiger partial charge in [-0.1, -0.05) is 47.5 Å². The largest absolute Gasteiger partial charge is 0.466 e. The zero-order valence-electron chi connectivity index (χ0n) is 20.3. The first-order valence-electron chi connectivity index (χ1n) is 11.5. The zero-order valence-corrected chi connectivity index (χ0v) is 22.7. The van der Waals surface area contributed by atoms with E-state index in [0.29, 0.717) is 26.9 Å². The molecule has 2 N–H and O–H groups in total. The van der Waals surface area contributed by atoms with Crippen LogP contribution in [-0.4, -0.2) is 35.9 Å². The fourth-order valence-corrected chi connectivity index (χ4v) is 4.36. The number of rotatable bonds is 11. The molecule has 3 rings (SSSR count). The Hall–Kier alpha value is -3.59. The highest BCUT2D eigenvalue weighted by atomic mass is 35.5. The summed E-state index contributed by atoms with van der Waals surface area (Å²) in [5.41, 5.74) is 1.33. The average Bonchev–Trinajstić information content (AvgIpc) is 2.89. The van der Waals surface area contributed by atoms with Gasteiger partial charge in [-0.15, -0.1) is 11.8 Å². The molecule has 7 nitrogen and oxygen atoms in total. The Morgan fingerprint density at radius 3 is 2.32 bits per heavy atom. The number of carbonyl (C=O) groups is 4. The summed E-state index contributed by atoms with van der Waals surface area (Å²) in [5, 5.41) is 6.16. The van der Waals surface area contributed by atoms with E-state index < -0.39 is 17.8 Å². The Morgan fingerprint density at radius 1 is 0.947 bits per heavy atom. The van der Waals surface area contributed by atoms with E-state index in [-0.39, 0.29) is 30.3 Å². The third-order valence-corrected chi connectivity index (χ3v) is 6.58. The van der Waals surface area contributed by atoms with Crippen molar-refractivity contribution in [2.24, 2.45) is 0 Å². The highest BCUT2D eigenvalue weighted by Crippen LogP contribution is 2.24. The van der Waals surface area contributed by atoms with Crippen molar-refractivity contribution in [3.8, 4) is 0 Å². The Morgan fingerprint density at radius 2 is 1.66 bits per heavy atom. The van der Waals surface area contributed by atoms with E-state index in [1.165, 1.54) is 23.9 Å². The van der Waals surface area contributed by atoms with E-state index in [1.807, 2.05) is 0 Å². The molecule has 0 aliphatic heterocycles. The van der Waals surface area contributed by atoms with Crippen molar-refractivity contribution in [2.75, 3.05) is 17.7 Å². The van der Waals surface area contributed by atoms with Crippen molar-refractivity contribution in [2.45, 2.75) is 18.2 Å². The van der Waals surface area contributed by atoms with E-state index in [2.05, 4.69) is 10.6 Å². The molecular formula is C28H24Cl2N2O5S. The van der Waals surface area contributed by atoms with Crippen molar-refractivity contribution in [3.63, 3.8) is 0 Å². The van der Waals surface area contributed by atoms with Crippen LogP contribution in [0.2, 0.25) is 10.0 Å². The van der Waals surface area contributed by atoms with Crippen LogP contribution in [0.1, 0.15) is 29.3 Å². The Bertz CT molecular complexity index is 1350. The van der Waals surface area contributed by atoms with Crippen LogP contribution in [0.3, 0.4) is 0 Å². The molecule has 0 spiro atoms. The topological polar surface area (TPSA) is 102 Å². The molecule has 0 saturated carbocycles. The number of amides is 2. The van der Waals surface area contributed by atoms with Gasteiger partial charge in [0.2, 0.25) is 0 Å². The zero-order chi connectivity index (χ0) is 27.5. The number of ether oxygens (including phenoxy) is 1. The summed E-state index contributed by atoms with van der Waals surface area (Å²) in [6.45, 7) is 1.91. The monoisotopic (exact) mass is 570 g/mol. The second kappa shape index (κ2) is 14.4. The van der Waals surface area contributed by atoms with E-state index in [1.54, 1.807) is 73.7 Å². The number of hydrogen-bond donors (Lipinski definition) is 2. The minimum atomic E-state index is -0.565. The maximum absolute atomic E-state index is 13.2. The number of anilines is 1. The van der Waals surface area contributed by atoms with Gasteiger partial charge in [0.25, 0.3) is 11.8 Å². The van der Waals surface area contributed by atoms with Crippen molar-refractivity contribution in [1.82, 2.24) is 5.32 Å². The predicted molar refractivity (Wildman–Crippen MR) is 150 cm³/mol. The number of hydrogen-bond acceptors (Lipinski definition) is 6. The van der Waals surface area contributed by atoms with Crippen molar-refractivity contribution >= 4 is 70.3 Å². The molecular weight excluding hydrogens is 547 g/mol. The molecule has 3 aromatic carbocycles. The number of carbonyl (C=O) groups excluding carboxylic acids is 4. The first-order chi connectivity index (χ1) is 18.2. The maximum Gasteiger partial charge on any atom is 0.313 e. The lowest BCUT2D eigenvalue weighted by Crippen LogP contribution is -2.30. The van der Waals surface area contributed by atoms with Crippen molar-refractivity contribution in [1.29, 1.82) is 0 Å². The fourth-order valence-electron chi connectivity index (χ4n) is 3.14. The lowest BCUT2D eigenvalue weighted by atomic mass is 10.1. The molecule has 2 amide bonds. The molecule has 0 fully saturated rings. The third kappa shape index (κ3) is 9.06. The first-order valence-corrected chi connectivity index (χ1v) is 13.2. The minimum Gasteiger partial charge on any atom is -0.466 e. The molecule has 0 saturated heterocycles. The molecule has 38 heavy (non-hydrogen) atoms. The van der Waals surface area contributed by atoms with Gasteiger partial charge in [-0.25, -0.2) is 0 Å². The van der Waals surface area contributed by atoms with Crippen LogP contribution in [0.15, 0.2) is 83.4 Å². The molecule has 0 aromatic heterocycles. The average molecular weight is 571 g/mol. The van der Waals surface area contributed by atoms with Gasteiger partial charge in [0.05, 0.1) is 12.4 Å². The van der Waals surface area contributed by atoms with Crippen LogP contribution < -0.4 is 10.6 Å². The van der Waals surface area contributed by atoms with Crippen LogP contribution in [0.25, 0.3) is 6.08 Å². The molecule has 0 radical (unpaired) electrons. The normalized spacial score (nSPS) is 11.0. The summed E-state index contributed by atoms with van der Waals surface area (Å²) in [4.78, 5) is 50.1. The molecule has 0 aliphatic rings. The molecule has 0 bridgehead atoms. The number of Topliss-reactive ketones (excluding diaryl/α,β-unsaturated/α-hetero) is 1. The number of benzene rings is 3. The molecule has 196 valence electrons. The SMILES string of the molecule is CCOC(=O)CC(=O)CSc1ccc(NC(=O)/C(=C/c2ccc(Cl)cc2Cl)NC(=O)c2ccccc2)cc1. The summed E-state index contributed by atoms with van der Waals surface area (Å²) >= 11 is 13.5. The highest BCUT2D eigenvalue weighted by molar-refractivity contribution is 8.00. The van der Waals surface area contributed by atoms with Gasteiger partial charge in [0, 0.05) is 26.2 Å². The van der Waals surface area contributed by atoms with E-state index >= 15 is 0 Å². The summed E-state index contributed by atoms with van der Waals surface area (Å²) in [6, 6.07) is 20.1. The van der Waals surface area contributed by atoms with Crippen LogP contribution in [0, 0.1) is 0 Å².